The van der Waals surface area contributed by atoms with Crippen molar-refractivity contribution in [3.05, 3.63) is 47.1 Å². The van der Waals surface area contributed by atoms with Crippen molar-refractivity contribution in [2.75, 3.05) is 7.11 Å². The molecule has 2 unspecified atom stereocenters. The van der Waals surface area contributed by atoms with E-state index in [0.29, 0.717) is 11.1 Å². The molecule has 0 spiro atoms. The SMILES string of the molecule is CO[C@H]1[C@@H](OC(=O)C=C(C)C)[C@@]2(C)C3=CC(=O)[C@@H](C4=CC(O)OC4O)[C@]3(C)[C@@H](O)[C@@H](O)[C@@H]2[C@@]2(C)C(=O)C=CC(C)(C)[C@H]12. The summed E-state index contributed by atoms with van der Waals surface area (Å²) in [5.41, 5.74) is -3.72. The predicted molar refractivity (Wildman–Crippen MR) is 149 cm³/mol. The lowest BCUT2D eigenvalue weighted by molar-refractivity contribution is -0.270. The summed E-state index contributed by atoms with van der Waals surface area (Å²) < 4.78 is 17.4. The van der Waals surface area contributed by atoms with Crippen LogP contribution >= 0.6 is 0 Å². The molecule has 10 nitrogen and oxygen atoms in total. The maximum absolute atomic E-state index is 14.0. The molecule has 0 saturated heterocycles. The van der Waals surface area contributed by atoms with Crippen molar-refractivity contribution in [1.82, 2.24) is 0 Å². The number of carbonyl (C=O) groups is 3. The number of ketones is 2. The quantitative estimate of drug-likeness (QED) is 0.217. The van der Waals surface area contributed by atoms with E-state index < -0.39 is 88.2 Å². The smallest absolute Gasteiger partial charge is 0.331 e. The Labute approximate surface area is 245 Å². The first-order valence-electron chi connectivity index (χ1n) is 14.4. The van der Waals surface area contributed by atoms with Crippen molar-refractivity contribution >= 4 is 17.5 Å². The molecular weight excluding hydrogens is 544 g/mol. The van der Waals surface area contributed by atoms with Crippen LogP contribution in [-0.4, -0.2) is 82.1 Å². The van der Waals surface area contributed by atoms with Gasteiger partial charge in [-0.1, -0.05) is 46.3 Å². The lowest BCUT2D eigenvalue weighted by atomic mass is 9.36. The van der Waals surface area contributed by atoms with E-state index in [1.54, 1.807) is 40.7 Å². The average Bonchev–Trinajstić information content (AvgIpc) is 3.35. The first-order chi connectivity index (χ1) is 19.4. The fraction of sp³-hybridized carbons (Fsp3) is 0.656. The molecule has 12 atom stereocenters. The van der Waals surface area contributed by atoms with Gasteiger partial charge in [0.2, 0.25) is 0 Å². The van der Waals surface area contributed by atoms with Gasteiger partial charge in [-0.05, 0) is 48.6 Å². The molecule has 42 heavy (non-hydrogen) atoms. The van der Waals surface area contributed by atoms with Crippen LogP contribution in [0.4, 0.5) is 0 Å². The van der Waals surface area contributed by atoms with E-state index >= 15 is 0 Å². The highest BCUT2D eigenvalue weighted by molar-refractivity contribution is 6.00. The van der Waals surface area contributed by atoms with Crippen molar-refractivity contribution in [1.29, 1.82) is 0 Å². The van der Waals surface area contributed by atoms with Gasteiger partial charge in [0.1, 0.15) is 6.10 Å². The van der Waals surface area contributed by atoms with E-state index in [1.807, 2.05) is 13.8 Å². The standard InChI is InChI=1S/C32H42O10/c1-14(2)11-19(35)41-27-23(40-8)25-29(3,4)10-9-18(34)32(25,7)24-22(37)26(38)30(5)17(31(24,27)6)13-16(33)21(30)15-12-20(36)42-28(15)39/h9-13,20-28,36-39H,1-8H3/t20?,21-,22+,23-,24+,25+,26+,27-,28?,30-,31+,32-/m1/s1. The average molecular weight is 587 g/mol. The minimum Gasteiger partial charge on any atom is -0.455 e. The molecule has 10 heteroatoms. The van der Waals surface area contributed by atoms with E-state index in [9.17, 15) is 34.8 Å². The normalized spacial score (nSPS) is 47.2. The topological polar surface area (TPSA) is 160 Å². The summed E-state index contributed by atoms with van der Waals surface area (Å²) in [4.78, 5) is 41.1. The molecule has 0 bridgehead atoms. The first kappa shape index (κ1) is 31.0. The molecule has 0 amide bonds. The van der Waals surface area contributed by atoms with Crippen LogP contribution < -0.4 is 0 Å². The Kier molecular flexibility index (Phi) is 7.20. The van der Waals surface area contributed by atoms with Gasteiger partial charge in [-0.15, -0.1) is 0 Å². The minimum atomic E-state index is -1.61. The maximum atomic E-state index is 14.0. The second kappa shape index (κ2) is 9.77. The number of ether oxygens (including phenoxy) is 3. The van der Waals surface area contributed by atoms with Crippen LogP contribution in [0.15, 0.2) is 47.1 Å². The maximum Gasteiger partial charge on any atom is 0.331 e. The summed E-state index contributed by atoms with van der Waals surface area (Å²) in [6, 6.07) is 0. The number of carbonyl (C=O) groups excluding carboxylic acids is 3. The molecule has 4 N–H and O–H groups in total. The van der Waals surface area contributed by atoms with Crippen LogP contribution in [0.25, 0.3) is 0 Å². The summed E-state index contributed by atoms with van der Waals surface area (Å²) in [7, 11) is 1.48. The number of rotatable bonds is 4. The van der Waals surface area contributed by atoms with Crippen LogP contribution in [0, 0.1) is 39.4 Å². The zero-order valence-corrected chi connectivity index (χ0v) is 25.3. The third kappa shape index (κ3) is 3.89. The fourth-order valence-electron chi connectivity index (χ4n) is 9.48. The molecule has 0 aromatic rings. The molecular formula is C32H42O10. The van der Waals surface area contributed by atoms with Gasteiger partial charge in [0.25, 0.3) is 0 Å². The molecule has 230 valence electrons. The van der Waals surface area contributed by atoms with E-state index in [4.69, 9.17) is 14.2 Å². The number of esters is 1. The number of aliphatic hydroxyl groups is 4. The molecule has 0 aromatic heterocycles. The molecule has 0 radical (unpaired) electrons. The van der Waals surface area contributed by atoms with Gasteiger partial charge in [-0.25, -0.2) is 4.79 Å². The zero-order valence-electron chi connectivity index (χ0n) is 25.3. The Hall–Kier alpha value is -2.47. The van der Waals surface area contributed by atoms with E-state index in [0.717, 1.165) is 0 Å². The number of aliphatic hydroxyl groups excluding tert-OH is 4. The molecule has 2 saturated carbocycles. The van der Waals surface area contributed by atoms with Gasteiger partial charge in [-0.3, -0.25) is 9.59 Å². The Balaban J connectivity index is 1.80. The minimum absolute atomic E-state index is 0.0636. The molecule has 5 rings (SSSR count). The van der Waals surface area contributed by atoms with Gasteiger partial charge in [-0.2, -0.15) is 0 Å². The number of hydrogen-bond acceptors (Lipinski definition) is 10. The highest BCUT2D eigenvalue weighted by atomic mass is 16.7. The lowest BCUT2D eigenvalue weighted by Gasteiger charge is -2.69. The molecule has 1 heterocycles. The second-order valence-electron chi connectivity index (χ2n) is 14.0. The van der Waals surface area contributed by atoms with Crippen LogP contribution in [0.1, 0.15) is 48.5 Å². The number of fused-ring (bicyclic) bond motifs is 5. The van der Waals surface area contributed by atoms with Crippen molar-refractivity contribution in [2.24, 2.45) is 39.4 Å². The van der Waals surface area contributed by atoms with E-state index in [1.165, 1.54) is 31.4 Å². The summed E-state index contributed by atoms with van der Waals surface area (Å²) >= 11 is 0. The van der Waals surface area contributed by atoms with Crippen LogP contribution in [0.3, 0.4) is 0 Å². The molecule has 4 aliphatic carbocycles. The van der Waals surface area contributed by atoms with Gasteiger partial charge in [0, 0.05) is 41.3 Å². The Morgan fingerprint density at radius 3 is 2.17 bits per heavy atom. The molecule has 5 aliphatic rings. The van der Waals surface area contributed by atoms with Crippen molar-refractivity contribution < 1.29 is 49.0 Å². The summed E-state index contributed by atoms with van der Waals surface area (Å²) in [6.45, 7) is 12.5. The first-order valence-corrected chi connectivity index (χ1v) is 14.4. The Morgan fingerprint density at radius 1 is 0.976 bits per heavy atom. The van der Waals surface area contributed by atoms with Crippen LogP contribution in [-0.2, 0) is 28.6 Å². The number of hydrogen-bond donors (Lipinski definition) is 4. The lowest BCUT2D eigenvalue weighted by Crippen LogP contribution is -2.76. The Morgan fingerprint density at radius 2 is 1.62 bits per heavy atom. The van der Waals surface area contributed by atoms with Crippen LogP contribution in [0.2, 0.25) is 0 Å². The molecule has 0 aromatic carbocycles. The third-order valence-electron chi connectivity index (χ3n) is 10.9. The number of allylic oxidation sites excluding steroid dienone is 4. The monoisotopic (exact) mass is 586 g/mol. The van der Waals surface area contributed by atoms with Crippen molar-refractivity contribution in [3.63, 3.8) is 0 Å². The Bertz CT molecular complexity index is 1340. The molecule has 1 aliphatic heterocycles. The largest absolute Gasteiger partial charge is 0.455 e. The highest BCUT2D eigenvalue weighted by Crippen LogP contribution is 2.72. The second-order valence-corrected chi connectivity index (χ2v) is 14.0. The zero-order chi connectivity index (χ0) is 31.3. The van der Waals surface area contributed by atoms with Gasteiger partial charge >= 0.3 is 5.97 Å². The van der Waals surface area contributed by atoms with Crippen LogP contribution in [0.5, 0.6) is 0 Å². The van der Waals surface area contributed by atoms with E-state index in [2.05, 4.69) is 0 Å². The fourth-order valence-corrected chi connectivity index (χ4v) is 9.48. The third-order valence-corrected chi connectivity index (χ3v) is 10.9. The van der Waals surface area contributed by atoms with Crippen molar-refractivity contribution in [2.45, 2.75) is 85.5 Å². The van der Waals surface area contributed by atoms with Gasteiger partial charge in [0.05, 0.1) is 24.2 Å². The van der Waals surface area contributed by atoms with E-state index in [-0.39, 0.29) is 11.4 Å². The summed E-state index contributed by atoms with van der Waals surface area (Å²) in [6.07, 6.45) is -0.883. The highest BCUT2D eigenvalue weighted by Gasteiger charge is 2.78. The van der Waals surface area contributed by atoms with Crippen molar-refractivity contribution in [3.8, 4) is 0 Å². The van der Waals surface area contributed by atoms with Gasteiger partial charge in [0.15, 0.2) is 24.1 Å². The number of methoxy groups -OCH3 is 1. The predicted octanol–water partition coefficient (Wildman–Crippen LogP) is 1.76. The summed E-state index contributed by atoms with van der Waals surface area (Å²) in [5, 5.41) is 44.7. The molecule has 2 fully saturated rings. The van der Waals surface area contributed by atoms with Gasteiger partial charge < -0.3 is 34.6 Å². The summed E-state index contributed by atoms with van der Waals surface area (Å²) in [5.74, 6) is -4.17.